The molecule has 0 aliphatic heterocycles. The summed E-state index contributed by atoms with van der Waals surface area (Å²) in [6.45, 7) is 9.44. The highest BCUT2D eigenvalue weighted by atomic mass is 16.3. The van der Waals surface area contributed by atoms with E-state index in [0.717, 1.165) is 72.4 Å². The molecule has 0 aliphatic rings. The molecular formula is C64H65N3O. The maximum Gasteiger partial charge on any atom is 0.149 e. The second-order valence-corrected chi connectivity index (χ2v) is 21.2. The molecule has 0 saturated heterocycles. The highest BCUT2D eigenvalue weighted by Crippen LogP contribution is 2.46. The third kappa shape index (κ3) is 9.17. The van der Waals surface area contributed by atoms with Gasteiger partial charge in [-0.05, 0) is 132 Å². The second kappa shape index (κ2) is 17.2. The first-order valence-electron chi connectivity index (χ1n) is 27.8. The largest absolute Gasteiger partial charge is 0.507 e. The summed E-state index contributed by atoms with van der Waals surface area (Å²) in [7, 11) is 0. The van der Waals surface area contributed by atoms with Gasteiger partial charge in [0.1, 0.15) is 11.6 Å². The molecular weight excluding hydrogens is 827 g/mol. The standard InChI is InChI=1S/C64H65N3O/c1-61(2,3)49-28-26-43(27-29-49)44-30-31-65-56(37-44)48-33-45(41-20-15-13-16-21-41)32-47(34-48)53-24-19-25-57-58(53)66-60(54-39-51(63(7,8)9)40-55(59(54)68)64(10,11)12)67(57)52-36-46(42-22-17-14-18-23-42)35-50(38-52)62(4,5)6/h13-40,68H,1-12H3/i1D3,2D3,3D3. The predicted molar refractivity (Wildman–Crippen MR) is 288 cm³/mol. The van der Waals surface area contributed by atoms with Crippen LogP contribution in [0.15, 0.2) is 170 Å². The molecule has 4 nitrogen and oxygen atoms in total. The Labute approximate surface area is 417 Å². The Kier molecular flexibility index (Phi) is 9.14. The summed E-state index contributed by atoms with van der Waals surface area (Å²) in [6.07, 6.45) is 1.68. The van der Waals surface area contributed by atoms with E-state index in [-0.39, 0.29) is 22.1 Å². The number of para-hydroxylation sites is 1. The molecule has 0 fully saturated rings. The number of hydrogen-bond donors (Lipinski definition) is 1. The molecule has 9 rings (SSSR count). The molecule has 1 N–H and O–H groups in total. The number of pyridine rings is 1. The van der Waals surface area contributed by atoms with E-state index in [2.05, 4.69) is 164 Å². The number of aromatic hydroxyl groups is 1. The summed E-state index contributed by atoms with van der Waals surface area (Å²) in [4.78, 5) is 10.5. The van der Waals surface area contributed by atoms with E-state index in [1.807, 2.05) is 36.4 Å². The van der Waals surface area contributed by atoms with Crippen LogP contribution >= 0.6 is 0 Å². The Bertz CT molecular complexity index is 3610. The van der Waals surface area contributed by atoms with Gasteiger partial charge >= 0.3 is 0 Å². The number of phenolic OH excluding ortho intramolecular Hbond substituents is 1. The number of imidazole rings is 1. The minimum absolute atomic E-state index is 0.180. The fraction of sp³-hybridized carbons (Fsp3) is 0.250. The lowest BCUT2D eigenvalue weighted by molar-refractivity contribution is 0.446. The minimum Gasteiger partial charge on any atom is -0.507 e. The maximum absolute atomic E-state index is 12.6. The zero-order chi connectivity index (χ0) is 55.8. The summed E-state index contributed by atoms with van der Waals surface area (Å²) in [6, 6.07) is 53.4. The predicted octanol–water partition coefficient (Wildman–Crippen LogP) is 17.3. The van der Waals surface area contributed by atoms with Gasteiger partial charge in [0.25, 0.3) is 0 Å². The zero-order valence-corrected chi connectivity index (χ0v) is 40.5. The second-order valence-electron chi connectivity index (χ2n) is 21.2. The normalized spacial score (nSPS) is 15.0. The summed E-state index contributed by atoms with van der Waals surface area (Å²) in [5.41, 5.74) is 10.3. The van der Waals surface area contributed by atoms with Gasteiger partial charge in [-0.2, -0.15) is 0 Å². The van der Waals surface area contributed by atoms with Crippen LogP contribution in [0.25, 0.3) is 83.9 Å². The fourth-order valence-corrected chi connectivity index (χ4v) is 8.96. The van der Waals surface area contributed by atoms with Crippen LogP contribution in [-0.4, -0.2) is 19.6 Å². The van der Waals surface area contributed by atoms with E-state index in [4.69, 9.17) is 22.3 Å². The smallest absolute Gasteiger partial charge is 0.149 e. The first kappa shape index (κ1) is 36.1. The fourth-order valence-electron chi connectivity index (χ4n) is 8.96. The van der Waals surface area contributed by atoms with E-state index in [9.17, 15) is 5.11 Å². The van der Waals surface area contributed by atoms with E-state index in [1.165, 1.54) is 12.1 Å². The number of nitrogens with zero attached hydrogens (tertiary/aromatic N) is 3. The van der Waals surface area contributed by atoms with Gasteiger partial charge in [0.15, 0.2) is 0 Å². The third-order valence-corrected chi connectivity index (χ3v) is 12.9. The van der Waals surface area contributed by atoms with Gasteiger partial charge in [0, 0.05) is 40.9 Å². The van der Waals surface area contributed by atoms with Gasteiger partial charge in [0.05, 0.1) is 22.3 Å². The summed E-state index contributed by atoms with van der Waals surface area (Å²) in [5, 5.41) is 12.6. The minimum atomic E-state index is -3.38. The van der Waals surface area contributed by atoms with Crippen LogP contribution in [0, 0.1) is 0 Å². The lowest BCUT2D eigenvalue weighted by atomic mass is 9.79. The molecule has 0 saturated carbocycles. The van der Waals surface area contributed by atoms with E-state index >= 15 is 0 Å². The van der Waals surface area contributed by atoms with Crippen molar-refractivity contribution in [2.45, 2.75) is 105 Å². The Balaban J connectivity index is 1.29. The third-order valence-electron chi connectivity index (χ3n) is 12.9. The quantitative estimate of drug-likeness (QED) is 0.173. The summed E-state index contributed by atoms with van der Waals surface area (Å²) in [5.74, 6) is 0.777. The van der Waals surface area contributed by atoms with Gasteiger partial charge in [0.2, 0.25) is 0 Å². The Morgan fingerprint density at radius 3 is 1.65 bits per heavy atom. The van der Waals surface area contributed by atoms with Crippen LogP contribution < -0.4 is 0 Å². The summed E-state index contributed by atoms with van der Waals surface area (Å²) < 4.78 is 76.4. The van der Waals surface area contributed by atoms with Crippen molar-refractivity contribution in [2.24, 2.45) is 0 Å². The monoisotopic (exact) mass is 901 g/mol. The number of hydrogen-bond acceptors (Lipinski definition) is 3. The Morgan fingerprint density at radius 2 is 1.03 bits per heavy atom. The Morgan fingerprint density at radius 1 is 0.441 bits per heavy atom. The molecule has 0 unspecified atom stereocenters. The first-order valence-corrected chi connectivity index (χ1v) is 23.3. The van der Waals surface area contributed by atoms with Crippen LogP contribution in [-0.2, 0) is 21.7 Å². The number of aromatic nitrogens is 3. The topological polar surface area (TPSA) is 50.9 Å². The number of benzene rings is 7. The molecule has 342 valence electrons. The maximum atomic E-state index is 12.6. The molecule has 0 spiro atoms. The number of phenols is 1. The highest BCUT2D eigenvalue weighted by molar-refractivity contribution is 5.98. The van der Waals surface area contributed by atoms with Crippen molar-refractivity contribution in [1.82, 2.24) is 14.5 Å². The van der Waals surface area contributed by atoms with Crippen molar-refractivity contribution in [3.05, 3.63) is 192 Å². The highest BCUT2D eigenvalue weighted by Gasteiger charge is 2.29. The molecule has 4 heteroatoms. The number of fused-ring (bicyclic) bond motifs is 1. The lowest BCUT2D eigenvalue weighted by Crippen LogP contribution is -2.17. The van der Waals surface area contributed by atoms with Gasteiger partial charge < -0.3 is 5.11 Å². The van der Waals surface area contributed by atoms with Crippen molar-refractivity contribution in [3.8, 4) is 78.6 Å². The SMILES string of the molecule is [2H]C([2H])([2H])C(c1ccc(-c2ccnc(-c3cc(-c4ccccc4)cc(-c4cccc5c4nc(-c4cc(C(C)(C)C)cc(C(C)(C)C)c4O)n5-c4cc(-c5ccccc5)cc(C(C)(C)C)c4)c3)c2)cc1)(C([2H])([2H])[2H])C([2H])([2H])[2H]. The molecule has 0 amide bonds. The first-order chi connectivity index (χ1) is 35.9. The van der Waals surface area contributed by atoms with Crippen LogP contribution in [0.3, 0.4) is 0 Å². The van der Waals surface area contributed by atoms with Gasteiger partial charge in [-0.25, -0.2) is 4.98 Å². The Hall–Kier alpha value is -7.04. The van der Waals surface area contributed by atoms with Crippen LogP contribution in [0.2, 0.25) is 0 Å². The average molecular weight is 901 g/mol. The van der Waals surface area contributed by atoms with Crippen molar-refractivity contribution in [3.63, 3.8) is 0 Å². The lowest BCUT2D eigenvalue weighted by Gasteiger charge is -2.28. The van der Waals surface area contributed by atoms with Crippen molar-refractivity contribution in [1.29, 1.82) is 0 Å². The molecule has 7 aromatic carbocycles. The average Bonchev–Trinajstić information content (AvgIpc) is 4.00. The van der Waals surface area contributed by atoms with Gasteiger partial charge in [-0.15, -0.1) is 0 Å². The molecule has 9 aromatic rings. The van der Waals surface area contributed by atoms with Crippen LogP contribution in [0.4, 0.5) is 0 Å². The molecule has 2 heterocycles. The van der Waals surface area contributed by atoms with Crippen LogP contribution in [0.5, 0.6) is 5.75 Å². The zero-order valence-electron chi connectivity index (χ0n) is 49.5. The molecule has 0 bridgehead atoms. The summed E-state index contributed by atoms with van der Waals surface area (Å²) >= 11 is 0. The number of rotatable bonds is 7. The molecule has 2 aromatic heterocycles. The van der Waals surface area contributed by atoms with E-state index < -0.39 is 31.4 Å². The van der Waals surface area contributed by atoms with E-state index in [1.54, 1.807) is 24.4 Å². The molecule has 0 aliphatic carbocycles. The van der Waals surface area contributed by atoms with Gasteiger partial charge in [-0.3, -0.25) is 9.55 Å². The van der Waals surface area contributed by atoms with Crippen molar-refractivity contribution in [2.75, 3.05) is 0 Å². The molecule has 0 radical (unpaired) electrons. The molecule has 68 heavy (non-hydrogen) atoms. The van der Waals surface area contributed by atoms with Gasteiger partial charge in [-0.1, -0.05) is 192 Å². The van der Waals surface area contributed by atoms with Crippen molar-refractivity contribution < 1.29 is 17.4 Å². The molecule has 0 atom stereocenters. The van der Waals surface area contributed by atoms with Crippen LogP contribution in [0.1, 0.15) is 117 Å². The van der Waals surface area contributed by atoms with E-state index in [0.29, 0.717) is 28.2 Å². The van der Waals surface area contributed by atoms with Crippen molar-refractivity contribution >= 4 is 11.0 Å².